The van der Waals surface area contributed by atoms with Crippen molar-refractivity contribution in [2.75, 3.05) is 26.2 Å². The summed E-state index contributed by atoms with van der Waals surface area (Å²) in [4.78, 5) is 18.3. The Labute approximate surface area is 127 Å². The molecule has 1 N–H and O–H groups in total. The summed E-state index contributed by atoms with van der Waals surface area (Å²) in [5.41, 5.74) is 0. The van der Waals surface area contributed by atoms with Crippen molar-refractivity contribution in [1.82, 2.24) is 19.8 Å². The van der Waals surface area contributed by atoms with Crippen LogP contribution in [0.5, 0.6) is 0 Å². The van der Waals surface area contributed by atoms with Gasteiger partial charge in [-0.2, -0.15) is 0 Å². The van der Waals surface area contributed by atoms with Crippen molar-refractivity contribution in [3.63, 3.8) is 0 Å². The standard InChI is InChI=1S/C16H28N4O/c1-4-17-15(21)12-19-8-5-14(6-9-19)11-20-10-7-18-16(20)13(2)3/h7,10,13-14H,4-6,8-9,11-12H2,1-3H3,(H,17,21). The predicted octanol–water partition coefficient (Wildman–Crippen LogP) is 1.85. The first kappa shape index (κ1) is 16.0. The fourth-order valence-corrected chi connectivity index (χ4v) is 3.04. The molecular formula is C16H28N4O. The normalized spacial score (nSPS) is 17.3. The number of nitrogens with zero attached hydrogens (tertiary/aromatic N) is 3. The molecule has 1 aromatic rings. The Morgan fingerprint density at radius 2 is 2.14 bits per heavy atom. The van der Waals surface area contributed by atoms with E-state index in [1.54, 1.807) is 0 Å². The number of nitrogens with one attached hydrogen (secondary N) is 1. The highest BCUT2D eigenvalue weighted by Crippen LogP contribution is 2.21. The highest BCUT2D eigenvalue weighted by Gasteiger charge is 2.21. The SMILES string of the molecule is CCNC(=O)CN1CCC(Cn2ccnc2C(C)C)CC1. The second-order valence-corrected chi connectivity index (χ2v) is 6.27. The van der Waals surface area contributed by atoms with Gasteiger partial charge in [0.2, 0.25) is 5.91 Å². The van der Waals surface area contributed by atoms with Gasteiger partial charge < -0.3 is 9.88 Å². The highest BCUT2D eigenvalue weighted by molar-refractivity contribution is 5.77. The summed E-state index contributed by atoms with van der Waals surface area (Å²) in [7, 11) is 0. The van der Waals surface area contributed by atoms with Crippen molar-refractivity contribution in [3.05, 3.63) is 18.2 Å². The summed E-state index contributed by atoms with van der Waals surface area (Å²) in [6, 6.07) is 0. The molecular weight excluding hydrogens is 264 g/mol. The van der Waals surface area contributed by atoms with Gasteiger partial charge in [0.25, 0.3) is 0 Å². The molecule has 1 amide bonds. The molecule has 118 valence electrons. The second-order valence-electron chi connectivity index (χ2n) is 6.27. The Morgan fingerprint density at radius 3 is 2.76 bits per heavy atom. The van der Waals surface area contributed by atoms with Crippen molar-refractivity contribution >= 4 is 5.91 Å². The molecule has 0 unspecified atom stereocenters. The molecule has 0 radical (unpaired) electrons. The van der Waals surface area contributed by atoms with Gasteiger partial charge in [-0.15, -0.1) is 0 Å². The third kappa shape index (κ3) is 4.56. The monoisotopic (exact) mass is 292 g/mol. The summed E-state index contributed by atoms with van der Waals surface area (Å²) < 4.78 is 2.30. The molecule has 0 spiro atoms. The molecule has 2 rings (SSSR count). The van der Waals surface area contributed by atoms with E-state index in [2.05, 4.69) is 39.8 Å². The lowest BCUT2D eigenvalue weighted by atomic mass is 9.96. The van der Waals surface area contributed by atoms with Gasteiger partial charge in [0.15, 0.2) is 0 Å². The fraction of sp³-hybridized carbons (Fsp3) is 0.750. The van der Waals surface area contributed by atoms with Crippen molar-refractivity contribution in [1.29, 1.82) is 0 Å². The number of hydrogen-bond acceptors (Lipinski definition) is 3. The smallest absolute Gasteiger partial charge is 0.234 e. The fourth-order valence-electron chi connectivity index (χ4n) is 3.04. The minimum atomic E-state index is 0.146. The van der Waals surface area contributed by atoms with Crippen molar-refractivity contribution in [2.24, 2.45) is 5.92 Å². The molecule has 0 atom stereocenters. The molecule has 2 heterocycles. The van der Waals surface area contributed by atoms with E-state index in [1.807, 2.05) is 13.1 Å². The van der Waals surface area contributed by atoms with Gasteiger partial charge in [0.1, 0.15) is 5.82 Å². The van der Waals surface area contributed by atoms with Gasteiger partial charge in [-0.1, -0.05) is 13.8 Å². The van der Waals surface area contributed by atoms with Crippen LogP contribution in [0.1, 0.15) is 45.4 Å². The van der Waals surface area contributed by atoms with Crippen LogP contribution in [0.25, 0.3) is 0 Å². The Morgan fingerprint density at radius 1 is 1.43 bits per heavy atom. The van der Waals surface area contributed by atoms with Crippen LogP contribution < -0.4 is 5.32 Å². The van der Waals surface area contributed by atoms with E-state index in [0.717, 1.165) is 32.5 Å². The Hall–Kier alpha value is -1.36. The van der Waals surface area contributed by atoms with E-state index < -0.39 is 0 Å². The van der Waals surface area contributed by atoms with Gasteiger partial charge in [-0.25, -0.2) is 4.98 Å². The third-order valence-corrected chi connectivity index (χ3v) is 4.17. The Balaban J connectivity index is 1.79. The lowest BCUT2D eigenvalue weighted by molar-refractivity contribution is -0.122. The van der Waals surface area contributed by atoms with Crippen LogP contribution in [0.15, 0.2) is 12.4 Å². The third-order valence-electron chi connectivity index (χ3n) is 4.17. The van der Waals surface area contributed by atoms with E-state index in [9.17, 15) is 4.79 Å². The topological polar surface area (TPSA) is 50.2 Å². The summed E-state index contributed by atoms with van der Waals surface area (Å²) in [6.45, 7) is 10.7. The van der Waals surface area contributed by atoms with Crippen LogP contribution in [-0.4, -0.2) is 46.5 Å². The predicted molar refractivity (Wildman–Crippen MR) is 84.2 cm³/mol. The zero-order valence-corrected chi connectivity index (χ0v) is 13.5. The molecule has 0 aliphatic carbocycles. The number of piperidine rings is 1. The minimum Gasteiger partial charge on any atom is -0.355 e. The van der Waals surface area contributed by atoms with Gasteiger partial charge in [0, 0.05) is 31.4 Å². The Bertz CT molecular complexity index is 447. The number of amides is 1. The van der Waals surface area contributed by atoms with Crippen LogP contribution in [0.3, 0.4) is 0 Å². The Kier molecular flexibility index (Phi) is 5.79. The van der Waals surface area contributed by atoms with Crippen molar-refractivity contribution < 1.29 is 4.79 Å². The first-order chi connectivity index (χ1) is 10.1. The molecule has 1 aliphatic heterocycles. The lowest BCUT2D eigenvalue weighted by Crippen LogP contribution is -2.42. The number of likely N-dealkylation sites (N-methyl/N-ethyl adjacent to an activating group) is 1. The van der Waals surface area contributed by atoms with Crippen LogP contribution in [0.4, 0.5) is 0 Å². The summed E-state index contributed by atoms with van der Waals surface area (Å²) in [5.74, 6) is 2.49. The van der Waals surface area contributed by atoms with Crippen LogP contribution in [-0.2, 0) is 11.3 Å². The molecule has 5 nitrogen and oxygen atoms in total. The number of carbonyl (C=O) groups is 1. The summed E-state index contributed by atoms with van der Waals surface area (Å²) in [5, 5.41) is 2.87. The second kappa shape index (κ2) is 7.59. The average Bonchev–Trinajstić information content (AvgIpc) is 2.89. The van der Waals surface area contributed by atoms with Gasteiger partial charge in [-0.05, 0) is 38.8 Å². The van der Waals surface area contributed by atoms with E-state index in [1.165, 1.54) is 5.82 Å². The zero-order chi connectivity index (χ0) is 15.2. The average molecular weight is 292 g/mol. The molecule has 21 heavy (non-hydrogen) atoms. The number of likely N-dealkylation sites (tertiary alicyclic amines) is 1. The molecule has 0 aromatic carbocycles. The van der Waals surface area contributed by atoms with E-state index in [-0.39, 0.29) is 5.91 Å². The van der Waals surface area contributed by atoms with Gasteiger partial charge in [-0.3, -0.25) is 9.69 Å². The van der Waals surface area contributed by atoms with Crippen LogP contribution >= 0.6 is 0 Å². The molecule has 0 saturated carbocycles. The van der Waals surface area contributed by atoms with E-state index in [4.69, 9.17) is 0 Å². The number of imidazole rings is 1. The summed E-state index contributed by atoms with van der Waals surface area (Å²) >= 11 is 0. The lowest BCUT2D eigenvalue weighted by Gasteiger charge is -2.32. The van der Waals surface area contributed by atoms with Crippen molar-refractivity contribution in [3.8, 4) is 0 Å². The van der Waals surface area contributed by atoms with Crippen LogP contribution in [0.2, 0.25) is 0 Å². The van der Waals surface area contributed by atoms with Crippen molar-refractivity contribution in [2.45, 2.75) is 46.1 Å². The largest absolute Gasteiger partial charge is 0.355 e. The van der Waals surface area contributed by atoms with Gasteiger partial charge in [0.05, 0.1) is 6.54 Å². The first-order valence-corrected chi connectivity index (χ1v) is 8.10. The molecule has 0 bridgehead atoms. The number of carbonyl (C=O) groups excluding carboxylic acids is 1. The molecule has 1 fully saturated rings. The number of rotatable bonds is 6. The zero-order valence-electron chi connectivity index (χ0n) is 13.5. The van der Waals surface area contributed by atoms with Gasteiger partial charge >= 0.3 is 0 Å². The molecule has 1 aromatic heterocycles. The molecule has 1 saturated heterocycles. The summed E-state index contributed by atoms with van der Waals surface area (Å²) in [6.07, 6.45) is 6.32. The minimum absolute atomic E-state index is 0.146. The molecule has 1 aliphatic rings. The number of aromatic nitrogens is 2. The first-order valence-electron chi connectivity index (χ1n) is 8.10. The molecule has 5 heteroatoms. The van der Waals surface area contributed by atoms with E-state index in [0.29, 0.717) is 24.9 Å². The maximum absolute atomic E-state index is 11.6. The number of hydrogen-bond donors (Lipinski definition) is 1. The quantitative estimate of drug-likeness (QED) is 0.870. The van der Waals surface area contributed by atoms with E-state index >= 15 is 0 Å². The maximum Gasteiger partial charge on any atom is 0.234 e. The maximum atomic E-state index is 11.6. The van der Waals surface area contributed by atoms with Crippen LogP contribution in [0, 0.1) is 5.92 Å². The highest BCUT2D eigenvalue weighted by atomic mass is 16.2.